The van der Waals surface area contributed by atoms with Gasteiger partial charge in [0.25, 0.3) is 5.91 Å². The number of rotatable bonds is 17. The fraction of sp³-hybridized carbons (Fsp3) is 0.455. The van der Waals surface area contributed by atoms with Crippen molar-refractivity contribution in [1.82, 2.24) is 26.2 Å². The predicted molar refractivity (Wildman–Crippen MR) is 228 cm³/mol. The summed E-state index contributed by atoms with van der Waals surface area (Å²) < 4.78 is 12.2. The molecule has 0 radical (unpaired) electrons. The van der Waals surface area contributed by atoms with Gasteiger partial charge in [0.1, 0.15) is 55.4 Å². The van der Waals surface area contributed by atoms with Crippen LogP contribution in [0.1, 0.15) is 72.3 Å². The Labute approximate surface area is 351 Å². The number of carbonyl (C=O) groups is 5. The number of carbonyl (C=O) groups excluding carboxylic acids is 5. The lowest BCUT2D eigenvalue weighted by Crippen LogP contribution is -2.56. The van der Waals surface area contributed by atoms with Crippen LogP contribution in [-0.4, -0.2) is 99.0 Å². The molecule has 16 nitrogen and oxygen atoms in total. The molecule has 1 heterocycles. The molecule has 60 heavy (non-hydrogen) atoms. The summed E-state index contributed by atoms with van der Waals surface area (Å²) >= 11 is 0. The second-order valence-electron chi connectivity index (χ2n) is 15.3. The molecular weight excluding hydrogens is 767 g/mol. The SMILES string of the molecule is Cc1cc(CCC(C)C)ccc1C(=O)N[C@@H](CCN)C(=O)N(C)[C@@H]1C(=O)N[C@@H](C)C(=O)N[C@H](C(=O)NCC#N)Cc2ccc(OCCN)c(c2)-c2cc1ccc2OCCN. The Morgan fingerprint density at radius 3 is 2.18 bits per heavy atom. The maximum Gasteiger partial charge on any atom is 0.252 e. The van der Waals surface area contributed by atoms with Crippen molar-refractivity contribution in [2.24, 2.45) is 23.1 Å². The molecule has 1 aliphatic rings. The van der Waals surface area contributed by atoms with Crippen LogP contribution in [0.5, 0.6) is 11.5 Å². The van der Waals surface area contributed by atoms with E-state index in [1.807, 2.05) is 25.1 Å². The molecule has 0 spiro atoms. The van der Waals surface area contributed by atoms with E-state index in [-0.39, 0.29) is 52.2 Å². The van der Waals surface area contributed by atoms with Crippen molar-refractivity contribution in [3.8, 4) is 28.7 Å². The van der Waals surface area contributed by atoms with Gasteiger partial charge < -0.3 is 52.8 Å². The molecule has 4 bridgehead atoms. The largest absolute Gasteiger partial charge is 0.492 e. The van der Waals surface area contributed by atoms with E-state index < -0.39 is 53.7 Å². The molecule has 3 aromatic carbocycles. The quantitative estimate of drug-likeness (QED) is 0.0966. The minimum atomic E-state index is -1.36. The van der Waals surface area contributed by atoms with Gasteiger partial charge in [-0.25, -0.2) is 0 Å². The monoisotopic (exact) mass is 825 g/mol. The van der Waals surface area contributed by atoms with Crippen LogP contribution in [0.15, 0.2) is 54.6 Å². The molecule has 1 aliphatic heterocycles. The molecule has 0 unspecified atom stereocenters. The molecule has 322 valence electrons. The lowest BCUT2D eigenvalue weighted by atomic mass is 9.93. The van der Waals surface area contributed by atoms with Gasteiger partial charge in [0, 0.05) is 43.2 Å². The topological polar surface area (TPSA) is 257 Å². The number of nitrogens with two attached hydrogens (primary N) is 3. The highest BCUT2D eigenvalue weighted by Gasteiger charge is 2.36. The minimum absolute atomic E-state index is 0.0163. The summed E-state index contributed by atoms with van der Waals surface area (Å²) in [5, 5.41) is 19.9. The standard InChI is InChI=1S/C44H59N9O7/c1-26(2)6-7-29-8-11-32(27(3)22-29)41(55)51-35(14-15-45)44(58)53(5)39-31-10-13-38(60-21-18-48)34(25-31)33-23-30(9-12-37(33)59-20-17-47)24-36(42(56)49-19-16-46)52-40(54)28(4)50-43(39)57/h8-13,22-23,25-26,28,35-36,39H,6-7,14-15,17-21,24,45,47-48H2,1-5H3,(H,49,56)(H,50,57)(H,51,55)(H,52,54)/t28-,35-,36-,39-/m0/s1. The molecule has 0 aromatic heterocycles. The maximum absolute atomic E-state index is 14.5. The molecule has 10 N–H and O–H groups in total. The summed E-state index contributed by atoms with van der Waals surface area (Å²) in [6.45, 7) is 8.09. The average Bonchev–Trinajstić information content (AvgIpc) is 3.22. The Hall–Kier alpha value is -6.02. The zero-order valence-corrected chi connectivity index (χ0v) is 35.1. The molecule has 16 heteroatoms. The number of likely N-dealkylation sites (N-methyl/N-ethyl adjacent to an activating group) is 1. The summed E-state index contributed by atoms with van der Waals surface area (Å²) in [6, 6.07) is 12.9. The number of benzene rings is 3. The number of nitrogens with one attached hydrogen (secondary N) is 4. The number of hydrogen-bond acceptors (Lipinski definition) is 11. The second kappa shape index (κ2) is 22.4. The van der Waals surface area contributed by atoms with Crippen molar-refractivity contribution >= 4 is 29.5 Å². The molecule has 4 rings (SSSR count). The summed E-state index contributed by atoms with van der Waals surface area (Å²) in [5.41, 5.74) is 21.8. The van der Waals surface area contributed by atoms with Gasteiger partial charge in [-0.05, 0) is 98.2 Å². The van der Waals surface area contributed by atoms with Crippen molar-refractivity contribution in [3.05, 3.63) is 82.4 Å². The van der Waals surface area contributed by atoms with Crippen LogP contribution in [0.25, 0.3) is 11.1 Å². The van der Waals surface area contributed by atoms with E-state index in [0.717, 1.165) is 24.0 Å². The summed E-state index contributed by atoms with van der Waals surface area (Å²) in [6.07, 6.45) is 1.96. The highest BCUT2D eigenvalue weighted by molar-refractivity contribution is 6.00. The molecule has 0 fully saturated rings. The van der Waals surface area contributed by atoms with E-state index in [2.05, 4.69) is 35.1 Å². The van der Waals surface area contributed by atoms with E-state index in [4.69, 9.17) is 31.9 Å². The fourth-order valence-corrected chi connectivity index (χ4v) is 6.96. The third-order valence-corrected chi connectivity index (χ3v) is 10.2. The maximum atomic E-state index is 14.5. The summed E-state index contributed by atoms with van der Waals surface area (Å²) in [4.78, 5) is 70.9. The highest BCUT2D eigenvalue weighted by Crippen LogP contribution is 2.40. The molecule has 0 saturated carbocycles. The van der Waals surface area contributed by atoms with Crippen LogP contribution in [-0.2, 0) is 32.0 Å². The van der Waals surface area contributed by atoms with Gasteiger partial charge in [0.2, 0.25) is 23.6 Å². The summed E-state index contributed by atoms with van der Waals surface area (Å²) in [7, 11) is 1.44. The first kappa shape index (κ1) is 46.7. The van der Waals surface area contributed by atoms with Crippen LogP contribution in [0, 0.1) is 24.2 Å². The third kappa shape index (κ3) is 12.3. The molecule has 0 saturated heterocycles. The van der Waals surface area contributed by atoms with Gasteiger partial charge in [-0.1, -0.05) is 38.1 Å². The van der Waals surface area contributed by atoms with E-state index in [1.54, 1.807) is 42.5 Å². The number of nitriles is 1. The first-order chi connectivity index (χ1) is 28.7. The van der Waals surface area contributed by atoms with Crippen LogP contribution < -0.4 is 47.9 Å². The van der Waals surface area contributed by atoms with E-state index in [0.29, 0.717) is 45.2 Å². The second-order valence-corrected chi connectivity index (χ2v) is 15.3. The van der Waals surface area contributed by atoms with Gasteiger partial charge >= 0.3 is 0 Å². The number of nitrogens with zero attached hydrogens (tertiary/aromatic N) is 2. The molecule has 3 aromatic rings. The van der Waals surface area contributed by atoms with Crippen molar-refractivity contribution < 1.29 is 33.4 Å². The Morgan fingerprint density at radius 2 is 1.57 bits per heavy atom. The zero-order chi connectivity index (χ0) is 43.9. The smallest absolute Gasteiger partial charge is 0.252 e. The highest BCUT2D eigenvalue weighted by atomic mass is 16.5. The van der Waals surface area contributed by atoms with E-state index >= 15 is 0 Å². The Morgan fingerprint density at radius 1 is 0.900 bits per heavy atom. The van der Waals surface area contributed by atoms with E-state index in [1.165, 1.54) is 18.9 Å². The Balaban J connectivity index is 1.83. The van der Waals surface area contributed by atoms with E-state index in [9.17, 15) is 24.0 Å². The predicted octanol–water partition coefficient (Wildman–Crippen LogP) is 1.76. The van der Waals surface area contributed by atoms with Crippen LogP contribution in [0.4, 0.5) is 0 Å². The molecular formula is C44H59N9O7. The van der Waals surface area contributed by atoms with Crippen LogP contribution >= 0.6 is 0 Å². The molecule has 0 aliphatic carbocycles. The number of hydrogen-bond donors (Lipinski definition) is 7. The van der Waals surface area contributed by atoms with Gasteiger partial charge in [0.15, 0.2) is 0 Å². The lowest BCUT2D eigenvalue weighted by Gasteiger charge is -2.32. The fourth-order valence-electron chi connectivity index (χ4n) is 6.96. The average molecular weight is 826 g/mol. The molecule has 4 atom stereocenters. The van der Waals surface area contributed by atoms with Gasteiger partial charge in [-0.2, -0.15) is 5.26 Å². The minimum Gasteiger partial charge on any atom is -0.492 e. The first-order valence-corrected chi connectivity index (χ1v) is 20.3. The van der Waals surface area contributed by atoms with Gasteiger partial charge in [-0.15, -0.1) is 0 Å². The Bertz CT molecular complexity index is 2050. The number of fused-ring (bicyclic) bond motifs is 5. The third-order valence-electron chi connectivity index (χ3n) is 10.2. The normalized spacial score (nSPS) is 17.0. The first-order valence-electron chi connectivity index (χ1n) is 20.3. The van der Waals surface area contributed by atoms with Gasteiger partial charge in [-0.3, -0.25) is 24.0 Å². The van der Waals surface area contributed by atoms with Crippen molar-refractivity contribution in [1.29, 1.82) is 5.26 Å². The lowest BCUT2D eigenvalue weighted by molar-refractivity contribution is -0.141. The van der Waals surface area contributed by atoms with Crippen molar-refractivity contribution in [2.75, 3.05) is 46.4 Å². The van der Waals surface area contributed by atoms with Crippen LogP contribution in [0.3, 0.4) is 0 Å². The van der Waals surface area contributed by atoms with Crippen LogP contribution in [0.2, 0.25) is 0 Å². The summed E-state index contributed by atoms with van der Waals surface area (Å²) in [5.74, 6) is -1.76. The zero-order valence-electron chi connectivity index (χ0n) is 35.1. The number of aryl methyl sites for hydroxylation is 2. The van der Waals surface area contributed by atoms with Crippen molar-refractivity contribution in [2.45, 2.75) is 77.5 Å². The number of ether oxygens (including phenoxy) is 2. The Kier molecular flexibility index (Phi) is 17.4. The molecule has 5 amide bonds. The van der Waals surface area contributed by atoms with Gasteiger partial charge in [0.05, 0.1) is 6.07 Å². The number of amides is 5. The van der Waals surface area contributed by atoms with Crippen molar-refractivity contribution in [3.63, 3.8) is 0 Å².